The van der Waals surface area contributed by atoms with Crippen LogP contribution < -0.4 is 0 Å². The van der Waals surface area contributed by atoms with Crippen molar-refractivity contribution in [1.82, 2.24) is 24.5 Å². The lowest BCUT2D eigenvalue weighted by Gasteiger charge is -2.37. The second kappa shape index (κ2) is 7.57. The van der Waals surface area contributed by atoms with Crippen LogP contribution >= 0.6 is 0 Å². The predicted molar refractivity (Wildman–Crippen MR) is 123 cm³/mol. The Morgan fingerprint density at radius 3 is 2.33 bits per heavy atom. The van der Waals surface area contributed by atoms with Crippen molar-refractivity contribution >= 4 is 17.4 Å². The summed E-state index contributed by atoms with van der Waals surface area (Å²) in [5, 5.41) is 20.3. The molecule has 2 saturated carbocycles. The fourth-order valence-corrected chi connectivity index (χ4v) is 6.70. The minimum atomic E-state index is -0.660. The van der Waals surface area contributed by atoms with Gasteiger partial charge in [-0.2, -0.15) is 10.2 Å². The topological polar surface area (TPSA) is 93.2 Å². The standard InChI is InChI=1S/C25H33N5O3/c1-12-20(15(4)29(6)27-12)23(31)21-22(19-11-26-28(5)13(19)2)30(25(33)24(21)32)14(3)18-10-16-7-8-17(18)9-16/h11,14,16-18,22,31H,7-10H2,1-6H3/t14-,16+,17+,18-,22+/m0/s1. The third-order valence-electron chi connectivity index (χ3n) is 8.64. The number of amides is 1. The maximum absolute atomic E-state index is 13.5. The van der Waals surface area contributed by atoms with Crippen LogP contribution in [0, 0.1) is 38.5 Å². The number of hydrogen-bond donors (Lipinski definition) is 1. The van der Waals surface area contributed by atoms with E-state index in [9.17, 15) is 14.7 Å². The highest BCUT2D eigenvalue weighted by molar-refractivity contribution is 6.46. The Balaban J connectivity index is 1.68. The maximum atomic E-state index is 13.5. The normalized spacial score (nSPS) is 29.5. The maximum Gasteiger partial charge on any atom is 0.295 e. The SMILES string of the molecule is Cc1nn(C)c(C)c1C(O)=C1C(=O)C(=O)N([C@@H](C)[C@@H]2C[C@@H]3CC[C@@H]2C3)[C@@H]1c1cnn(C)c1C. The Morgan fingerprint density at radius 1 is 1.09 bits per heavy atom. The van der Waals surface area contributed by atoms with Gasteiger partial charge in [0, 0.05) is 37.1 Å². The first-order valence-electron chi connectivity index (χ1n) is 11.9. The lowest BCUT2D eigenvalue weighted by atomic mass is 9.82. The molecule has 8 heteroatoms. The molecule has 0 spiro atoms. The summed E-state index contributed by atoms with van der Waals surface area (Å²) in [5.41, 5.74) is 3.70. The molecule has 1 aliphatic heterocycles. The van der Waals surface area contributed by atoms with E-state index in [0.717, 1.165) is 29.3 Å². The second-order valence-corrected chi connectivity index (χ2v) is 10.3. The molecule has 0 aromatic carbocycles. The van der Waals surface area contributed by atoms with Gasteiger partial charge in [-0.15, -0.1) is 0 Å². The molecule has 8 nitrogen and oxygen atoms in total. The van der Waals surface area contributed by atoms with E-state index in [0.29, 0.717) is 23.1 Å². The van der Waals surface area contributed by atoms with Crippen molar-refractivity contribution in [3.8, 4) is 0 Å². The first-order chi connectivity index (χ1) is 15.6. The van der Waals surface area contributed by atoms with Gasteiger partial charge in [0.05, 0.1) is 29.1 Å². The lowest BCUT2D eigenvalue weighted by molar-refractivity contribution is -0.142. The van der Waals surface area contributed by atoms with E-state index in [1.165, 1.54) is 19.3 Å². The molecule has 2 aromatic rings. The van der Waals surface area contributed by atoms with Crippen LogP contribution in [-0.4, -0.2) is 47.3 Å². The number of rotatable bonds is 4. The van der Waals surface area contributed by atoms with Crippen molar-refractivity contribution in [3.63, 3.8) is 0 Å². The van der Waals surface area contributed by atoms with Gasteiger partial charge >= 0.3 is 0 Å². The van der Waals surface area contributed by atoms with Crippen LogP contribution in [0.3, 0.4) is 0 Å². The molecule has 3 heterocycles. The van der Waals surface area contributed by atoms with Gasteiger partial charge in [-0.25, -0.2) is 0 Å². The van der Waals surface area contributed by atoms with Crippen LogP contribution in [0.15, 0.2) is 11.8 Å². The number of aliphatic hydroxyl groups excluding tert-OH is 1. The van der Waals surface area contributed by atoms with Crippen molar-refractivity contribution < 1.29 is 14.7 Å². The third-order valence-corrected chi connectivity index (χ3v) is 8.64. The Kier molecular flexibility index (Phi) is 5.03. The third kappa shape index (κ3) is 3.09. The average Bonchev–Trinajstić information content (AvgIpc) is 3.56. The van der Waals surface area contributed by atoms with E-state index in [1.807, 2.05) is 20.9 Å². The number of aliphatic hydroxyl groups is 1. The molecule has 3 aliphatic rings. The highest BCUT2D eigenvalue weighted by atomic mass is 16.3. The van der Waals surface area contributed by atoms with E-state index in [1.54, 1.807) is 34.4 Å². The zero-order chi connectivity index (χ0) is 23.8. The minimum Gasteiger partial charge on any atom is -0.507 e. The van der Waals surface area contributed by atoms with Crippen LogP contribution in [0.5, 0.6) is 0 Å². The van der Waals surface area contributed by atoms with Crippen molar-refractivity contribution in [2.75, 3.05) is 0 Å². The largest absolute Gasteiger partial charge is 0.507 e. The van der Waals surface area contributed by atoms with Gasteiger partial charge < -0.3 is 10.0 Å². The van der Waals surface area contributed by atoms with E-state index in [4.69, 9.17) is 0 Å². The summed E-state index contributed by atoms with van der Waals surface area (Å²) in [4.78, 5) is 28.7. The fourth-order valence-electron chi connectivity index (χ4n) is 6.70. The molecule has 2 aliphatic carbocycles. The fraction of sp³-hybridized carbons (Fsp3) is 0.600. The van der Waals surface area contributed by atoms with Crippen molar-refractivity contribution in [2.24, 2.45) is 31.8 Å². The quantitative estimate of drug-likeness (QED) is 0.437. The van der Waals surface area contributed by atoms with E-state index in [2.05, 4.69) is 17.1 Å². The predicted octanol–water partition coefficient (Wildman–Crippen LogP) is 3.33. The zero-order valence-electron chi connectivity index (χ0n) is 20.3. The van der Waals surface area contributed by atoms with Crippen LogP contribution in [0.1, 0.15) is 66.9 Å². The minimum absolute atomic E-state index is 0.0947. The molecular formula is C25H33N5O3. The Hall–Kier alpha value is -2.90. The molecule has 0 radical (unpaired) electrons. The molecule has 5 rings (SSSR count). The van der Waals surface area contributed by atoms with Crippen molar-refractivity contribution in [1.29, 1.82) is 0 Å². The molecule has 2 bridgehead atoms. The monoisotopic (exact) mass is 451 g/mol. The molecule has 0 unspecified atom stereocenters. The summed E-state index contributed by atoms with van der Waals surface area (Å²) in [5.74, 6) is 0.417. The highest BCUT2D eigenvalue weighted by Gasteiger charge is 2.53. The number of carbonyl (C=O) groups excluding carboxylic acids is 2. The van der Waals surface area contributed by atoms with E-state index >= 15 is 0 Å². The first-order valence-corrected chi connectivity index (χ1v) is 11.9. The zero-order valence-corrected chi connectivity index (χ0v) is 20.3. The van der Waals surface area contributed by atoms with Gasteiger partial charge in [-0.3, -0.25) is 19.0 Å². The van der Waals surface area contributed by atoms with Gasteiger partial charge in [0.1, 0.15) is 5.76 Å². The number of fused-ring (bicyclic) bond motifs is 2. The molecular weight excluding hydrogens is 418 g/mol. The van der Waals surface area contributed by atoms with Gasteiger partial charge in [-0.05, 0) is 64.7 Å². The number of Topliss-reactive ketones (excluding diaryl/α,β-unsaturated/α-hetero) is 1. The van der Waals surface area contributed by atoms with Gasteiger partial charge in [0.25, 0.3) is 11.7 Å². The molecule has 176 valence electrons. The Morgan fingerprint density at radius 2 is 1.82 bits per heavy atom. The number of likely N-dealkylation sites (tertiary alicyclic amines) is 1. The van der Waals surface area contributed by atoms with Crippen LogP contribution in [-0.2, 0) is 23.7 Å². The number of hydrogen-bond acceptors (Lipinski definition) is 5. The summed E-state index contributed by atoms with van der Waals surface area (Å²) in [6.07, 6.45) is 6.53. The average molecular weight is 452 g/mol. The molecule has 33 heavy (non-hydrogen) atoms. The molecule has 2 aromatic heterocycles. The molecule has 1 amide bonds. The smallest absolute Gasteiger partial charge is 0.295 e. The Bertz CT molecular complexity index is 1190. The van der Waals surface area contributed by atoms with Gasteiger partial charge in [-0.1, -0.05) is 6.42 Å². The highest BCUT2D eigenvalue weighted by Crippen LogP contribution is 2.52. The number of carbonyl (C=O) groups is 2. The summed E-state index contributed by atoms with van der Waals surface area (Å²) in [6.45, 7) is 7.68. The lowest BCUT2D eigenvalue weighted by Crippen LogP contribution is -2.43. The van der Waals surface area contributed by atoms with Crippen LogP contribution in [0.2, 0.25) is 0 Å². The summed E-state index contributed by atoms with van der Waals surface area (Å²) >= 11 is 0. The Labute approximate surface area is 194 Å². The molecule has 1 saturated heterocycles. The van der Waals surface area contributed by atoms with Gasteiger partial charge in [0.15, 0.2) is 0 Å². The number of aryl methyl sites for hydroxylation is 3. The van der Waals surface area contributed by atoms with Crippen molar-refractivity contribution in [3.05, 3.63) is 40.0 Å². The molecule has 1 N–H and O–H groups in total. The van der Waals surface area contributed by atoms with Crippen LogP contribution in [0.4, 0.5) is 0 Å². The number of aromatic nitrogens is 4. The molecule has 5 atom stereocenters. The van der Waals surface area contributed by atoms with Gasteiger partial charge in [0.2, 0.25) is 0 Å². The number of ketones is 1. The van der Waals surface area contributed by atoms with Crippen molar-refractivity contribution in [2.45, 2.75) is 65.5 Å². The summed E-state index contributed by atoms with van der Waals surface area (Å²) in [7, 11) is 3.65. The summed E-state index contributed by atoms with van der Waals surface area (Å²) < 4.78 is 3.43. The summed E-state index contributed by atoms with van der Waals surface area (Å²) in [6, 6.07) is -0.755. The van der Waals surface area contributed by atoms with E-state index < -0.39 is 17.7 Å². The second-order valence-electron chi connectivity index (χ2n) is 10.3. The number of nitrogens with zero attached hydrogens (tertiary/aromatic N) is 5. The first kappa shape index (κ1) is 21.9. The van der Waals surface area contributed by atoms with Crippen LogP contribution in [0.25, 0.3) is 5.76 Å². The van der Waals surface area contributed by atoms with E-state index in [-0.39, 0.29) is 17.4 Å². The molecule has 3 fully saturated rings.